The lowest BCUT2D eigenvalue weighted by molar-refractivity contribution is -0.0480. The average molecular weight is 393 g/mol. The highest BCUT2D eigenvalue weighted by Crippen LogP contribution is 2.39. The fourth-order valence-electron chi connectivity index (χ4n) is 2.92. The first-order chi connectivity index (χ1) is 12.7. The fourth-order valence-corrected chi connectivity index (χ4v) is 4.20. The van der Waals surface area contributed by atoms with Crippen molar-refractivity contribution in [1.29, 1.82) is 0 Å². The summed E-state index contributed by atoms with van der Waals surface area (Å²) in [6, 6.07) is 7.96. The molecular weight excluding hydrogens is 356 g/mol. The summed E-state index contributed by atoms with van der Waals surface area (Å²) in [6.45, 7) is 16.5. The third-order valence-electron chi connectivity index (χ3n) is 5.71. The van der Waals surface area contributed by atoms with Gasteiger partial charge in [0.05, 0.1) is 38.6 Å². The maximum atomic E-state index is 6.52. The van der Waals surface area contributed by atoms with Crippen molar-refractivity contribution >= 4 is 8.32 Å². The van der Waals surface area contributed by atoms with Crippen molar-refractivity contribution in [2.75, 3.05) is 13.7 Å². The van der Waals surface area contributed by atoms with Crippen LogP contribution in [-0.4, -0.2) is 40.3 Å². The Morgan fingerprint density at radius 2 is 1.89 bits per heavy atom. The molecule has 0 bridgehead atoms. The Morgan fingerprint density at radius 3 is 2.44 bits per heavy atom. The molecule has 0 N–H and O–H groups in total. The molecule has 1 heterocycles. The van der Waals surface area contributed by atoms with Crippen LogP contribution in [0.15, 0.2) is 36.9 Å². The molecule has 1 fully saturated rings. The first-order valence-corrected chi connectivity index (χ1v) is 12.7. The van der Waals surface area contributed by atoms with Crippen molar-refractivity contribution in [3.63, 3.8) is 0 Å². The number of methoxy groups -OCH3 is 1. The van der Waals surface area contributed by atoms with Crippen LogP contribution in [-0.2, 0) is 20.5 Å². The van der Waals surface area contributed by atoms with E-state index in [2.05, 4.69) is 40.4 Å². The van der Waals surface area contributed by atoms with Gasteiger partial charge in [0, 0.05) is 0 Å². The van der Waals surface area contributed by atoms with Gasteiger partial charge >= 0.3 is 0 Å². The summed E-state index contributed by atoms with van der Waals surface area (Å²) in [4.78, 5) is 0. The summed E-state index contributed by atoms with van der Waals surface area (Å²) in [6.07, 6.45) is 4.05. The van der Waals surface area contributed by atoms with Gasteiger partial charge in [0.25, 0.3) is 0 Å². The zero-order valence-electron chi connectivity index (χ0n) is 17.8. The molecule has 0 radical (unpaired) electrons. The monoisotopic (exact) mass is 392 g/mol. The van der Waals surface area contributed by atoms with Crippen LogP contribution in [0.5, 0.6) is 5.75 Å². The van der Waals surface area contributed by atoms with Crippen molar-refractivity contribution < 1.29 is 18.6 Å². The van der Waals surface area contributed by atoms with Crippen LogP contribution in [0.1, 0.15) is 39.2 Å². The molecule has 0 spiro atoms. The largest absolute Gasteiger partial charge is 0.497 e. The molecule has 1 saturated heterocycles. The molecule has 2 rings (SSSR count). The number of ether oxygens (including phenoxy) is 3. The van der Waals surface area contributed by atoms with Crippen LogP contribution in [0.25, 0.3) is 0 Å². The van der Waals surface area contributed by atoms with Gasteiger partial charge in [-0.15, -0.1) is 6.58 Å². The average Bonchev–Trinajstić information content (AvgIpc) is 3.08. The Kier molecular flexibility index (Phi) is 7.69. The van der Waals surface area contributed by atoms with Crippen LogP contribution in [0.3, 0.4) is 0 Å². The highest BCUT2D eigenvalue weighted by atomic mass is 28.4. The molecule has 0 unspecified atom stereocenters. The van der Waals surface area contributed by atoms with Gasteiger partial charge in [-0.25, -0.2) is 0 Å². The lowest BCUT2D eigenvalue weighted by atomic mass is 10.1. The van der Waals surface area contributed by atoms with E-state index in [0.717, 1.165) is 24.2 Å². The number of hydrogen-bond acceptors (Lipinski definition) is 4. The van der Waals surface area contributed by atoms with E-state index in [1.54, 1.807) is 7.11 Å². The van der Waals surface area contributed by atoms with Crippen LogP contribution < -0.4 is 4.74 Å². The van der Waals surface area contributed by atoms with Crippen LogP contribution in [0.2, 0.25) is 18.1 Å². The second kappa shape index (κ2) is 9.37. The second-order valence-electron chi connectivity index (χ2n) is 8.82. The Morgan fingerprint density at radius 1 is 1.22 bits per heavy atom. The molecule has 0 amide bonds. The molecule has 4 nitrogen and oxygen atoms in total. The van der Waals surface area contributed by atoms with Gasteiger partial charge in [-0.3, -0.25) is 0 Å². The van der Waals surface area contributed by atoms with E-state index in [1.807, 2.05) is 30.3 Å². The summed E-state index contributed by atoms with van der Waals surface area (Å²) in [5.74, 6) is 0.859. The van der Waals surface area contributed by atoms with Gasteiger partial charge in [0.1, 0.15) is 5.75 Å². The topological polar surface area (TPSA) is 36.9 Å². The molecule has 152 valence electrons. The zero-order valence-corrected chi connectivity index (χ0v) is 18.8. The lowest BCUT2D eigenvalue weighted by Crippen LogP contribution is -2.46. The molecule has 1 aromatic carbocycles. The summed E-state index contributed by atoms with van der Waals surface area (Å²) >= 11 is 0. The van der Waals surface area contributed by atoms with E-state index in [1.165, 1.54) is 0 Å². The van der Waals surface area contributed by atoms with Crippen molar-refractivity contribution in [3.8, 4) is 5.75 Å². The number of benzene rings is 1. The Labute approximate surface area is 166 Å². The van der Waals surface area contributed by atoms with Gasteiger partial charge in [-0.1, -0.05) is 39.0 Å². The minimum Gasteiger partial charge on any atom is -0.497 e. The maximum Gasteiger partial charge on any atom is 0.193 e. The lowest BCUT2D eigenvalue weighted by Gasteiger charge is -2.39. The van der Waals surface area contributed by atoms with Gasteiger partial charge < -0.3 is 18.6 Å². The van der Waals surface area contributed by atoms with Crippen molar-refractivity contribution in [2.24, 2.45) is 0 Å². The first kappa shape index (κ1) is 22.1. The predicted molar refractivity (Wildman–Crippen MR) is 113 cm³/mol. The first-order valence-electron chi connectivity index (χ1n) is 9.83. The van der Waals surface area contributed by atoms with E-state index in [-0.39, 0.29) is 23.4 Å². The molecule has 0 aliphatic carbocycles. The normalized spacial score (nSPS) is 21.9. The van der Waals surface area contributed by atoms with E-state index in [0.29, 0.717) is 13.2 Å². The van der Waals surface area contributed by atoms with Gasteiger partial charge in [-0.05, 0) is 48.7 Å². The van der Waals surface area contributed by atoms with E-state index in [4.69, 9.17) is 18.6 Å². The highest BCUT2D eigenvalue weighted by Gasteiger charge is 2.41. The summed E-state index contributed by atoms with van der Waals surface area (Å²) < 4.78 is 23.8. The van der Waals surface area contributed by atoms with Crippen molar-refractivity contribution in [1.82, 2.24) is 0 Å². The second-order valence-corrected chi connectivity index (χ2v) is 13.6. The maximum absolute atomic E-state index is 6.52. The highest BCUT2D eigenvalue weighted by molar-refractivity contribution is 6.74. The summed E-state index contributed by atoms with van der Waals surface area (Å²) in [7, 11) is -0.177. The van der Waals surface area contributed by atoms with Gasteiger partial charge in [-0.2, -0.15) is 0 Å². The third kappa shape index (κ3) is 6.18. The van der Waals surface area contributed by atoms with Crippen LogP contribution in [0.4, 0.5) is 0 Å². The molecule has 0 aromatic heterocycles. The smallest absolute Gasteiger partial charge is 0.193 e. The summed E-state index contributed by atoms with van der Waals surface area (Å²) in [5, 5.41) is 0.174. The molecule has 1 aliphatic rings. The minimum absolute atomic E-state index is 0.0440. The molecule has 1 aliphatic heterocycles. The van der Waals surface area contributed by atoms with Gasteiger partial charge in [0.2, 0.25) is 0 Å². The van der Waals surface area contributed by atoms with Gasteiger partial charge in [0.15, 0.2) is 8.32 Å². The van der Waals surface area contributed by atoms with E-state index >= 15 is 0 Å². The molecule has 0 saturated carbocycles. The van der Waals surface area contributed by atoms with E-state index < -0.39 is 8.32 Å². The Hall–Kier alpha value is -1.14. The number of hydrogen-bond donors (Lipinski definition) is 0. The molecule has 27 heavy (non-hydrogen) atoms. The quantitative estimate of drug-likeness (QED) is 0.420. The van der Waals surface area contributed by atoms with Crippen LogP contribution in [0, 0.1) is 0 Å². The Bertz CT molecular complexity index is 591. The summed E-state index contributed by atoms with van der Waals surface area (Å²) in [5.41, 5.74) is 1.13. The zero-order chi connectivity index (χ0) is 20.1. The molecule has 1 aromatic rings. The van der Waals surface area contributed by atoms with E-state index in [9.17, 15) is 0 Å². The molecular formula is C22H36O4Si. The fraction of sp³-hybridized carbons (Fsp3) is 0.636. The SMILES string of the molecule is C=C[C@H](O[Si](C)(C)C(C)(C)C)[C@H]1CC[C@H](COCc2ccc(OC)cc2)O1. The minimum atomic E-state index is -1.85. The third-order valence-corrected chi connectivity index (χ3v) is 10.2. The predicted octanol–water partition coefficient (Wildman–Crippen LogP) is 5.34. The van der Waals surface area contributed by atoms with Crippen LogP contribution >= 0.6 is 0 Å². The number of rotatable bonds is 9. The Balaban J connectivity index is 1.80. The molecule has 5 heteroatoms. The molecule has 3 atom stereocenters. The standard InChI is InChI=1S/C22H36O4Si/c1-8-20(26-27(6,7)22(2,3)4)21-14-13-19(25-21)16-24-15-17-9-11-18(23-5)12-10-17/h8-12,19-21H,1,13-16H2,2-7H3/t19-,20+,21-/m1/s1. The van der Waals surface area contributed by atoms with Crippen molar-refractivity contribution in [3.05, 3.63) is 42.5 Å². The van der Waals surface area contributed by atoms with Crippen molar-refractivity contribution in [2.45, 2.75) is 76.7 Å².